The maximum Gasteiger partial charge on any atom is 0.341 e. The number of carboxylic acids is 1. The Labute approximate surface area is 119 Å². The molecule has 0 fully saturated rings. The Morgan fingerprint density at radius 2 is 1.95 bits per heavy atom. The lowest BCUT2D eigenvalue weighted by Gasteiger charge is -2.09. The summed E-state index contributed by atoms with van der Waals surface area (Å²) in [6.07, 6.45) is 0. The minimum Gasteiger partial charge on any atom is -0.477 e. The van der Waals surface area contributed by atoms with Gasteiger partial charge in [-0.15, -0.1) is 0 Å². The number of hydrogen-bond donors (Lipinski definition) is 2. The Kier molecular flexibility index (Phi) is 4.02. The number of halogens is 1. The van der Waals surface area contributed by atoms with E-state index in [9.17, 15) is 19.1 Å². The first-order chi connectivity index (χ1) is 9.90. The Morgan fingerprint density at radius 1 is 1.33 bits per heavy atom. The van der Waals surface area contributed by atoms with Crippen LogP contribution in [0.4, 0.5) is 4.39 Å². The van der Waals surface area contributed by atoms with E-state index in [-0.39, 0.29) is 22.9 Å². The molecule has 1 heterocycles. The summed E-state index contributed by atoms with van der Waals surface area (Å²) in [6.45, 7) is 2.90. The summed E-state index contributed by atoms with van der Waals surface area (Å²) in [7, 11) is 0. The summed E-state index contributed by atoms with van der Waals surface area (Å²) < 4.78 is 18.0. The van der Waals surface area contributed by atoms with Gasteiger partial charge in [-0.3, -0.25) is 4.79 Å². The number of carbonyl (C=O) groups excluding carboxylic acids is 1. The maximum absolute atomic E-state index is 12.9. The lowest BCUT2D eigenvalue weighted by atomic mass is 10.0. The molecule has 0 saturated carbocycles. The molecule has 1 aromatic carbocycles. The third kappa shape index (κ3) is 3.07. The predicted molar refractivity (Wildman–Crippen MR) is 71.1 cm³/mol. The lowest BCUT2D eigenvalue weighted by molar-refractivity contribution is -0.119. The minimum atomic E-state index is -1.23. The molecule has 1 atom stereocenters. The van der Waals surface area contributed by atoms with Crippen molar-refractivity contribution in [2.24, 2.45) is 0 Å². The van der Waals surface area contributed by atoms with Crippen molar-refractivity contribution < 1.29 is 23.6 Å². The lowest BCUT2D eigenvalue weighted by Crippen LogP contribution is -2.24. The largest absolute Gasteiger partial charge is 0.477 e. The van der Waals surface area contributed by atoms with E-state index in [2.05, 4.69) is 10.5 Å². The van der Waals surface area contributed by atoms with Crippen LogP contribution in [0.3, 0.4) is 0 Å². The van der Waals surface area contributed by atoms with Crippen LogP contribution in [0.15, 0.2) is 28.8 Å². The Hall–Kier alpha value is -2.70. The van der Waals surface area contributed by atoms with Crippen LogP contribution < -0.4 is 5.32 Å². The number of aromatic carboxylic acids is 1. The molecule has 0 aliphatic rings. The Balaban J connectivity index is 2.48. The van der Waals surface area contributed by atoms with E-state index in [1.54, 1.807) is 6.92 Å². The minimum absolute atomic E-state index is 0.0389. The smallest absolute Gasteiger partial charge is 0.341 e. The molecule has 1 aromatic heterocycles. The van der Waals surface area contributed by atoms with Gasteiger partial charge in [0.2, 0.25) is 5.91 Å². The molecule has 0 saturated heterocycles. The highest BCUT2D eigenvalue weighted by atomic mass is 19.1. The van der Waals surface area contributed by atoms with Crippen LogP contribution >= 0.6 is 0 Å². The van der Waals surface area contributed by atoms with Crippen molar-refractivity contribution in [3.8, 4) is 11.3 Å². The molecule has 0 radical (unpaired) electrons. The molecule has 6 nitrogen and oxygen atoms in total. The van der Waals surface area contributed by atoms with Gasteiger partial charge < -0.3 is 14.9 Å². The number of carboxylic acid groups (broad SMARTS) is 1. The highest BCUT2D eigenvalue weighted by molar-refractivity contribution is 5.96. The highest BCUT2D eigenvalue weighted by Crippen LogP contribution is 2.29. The van der Waals surface area contributed by atoms with Crippen LogP contribution in [0, 0.1) is 5.82 Å². The number of hydrogen-bond acceptors (Lipinski definition) is 4. The molecule has 7 heteroatoms. The molecular weight excluding hydrogens is 279 g/mol. The number of amides is 1. The molecule has 0 bridgehead atoms. The van der Waals surface area contributed by atoms with Crippen molar-refractivity contribution in [1.82, 2.24) is 10.5 Å². The van der Waals surface area contributed by atoms with Gasteiger partial charge in [0.1, 0.15) is 17.1 Å². The molecule has 0 unspecified atom stereocenters. The number of benzene rings is 1. The van der Waals surface area contributed by atoms with Crippen molar-refractivity contribution in [1.29, 1.82) is 0 Å². The molecule has 1 amide bonds. The van der Waals surface area contributed by atoms with Gasteiger partial charge in [0.05, 0.1) is 6.04 Å². The maximum atomic E-state index is 12.9. The van der Waals surface area contributed by atoms with Crippen LogP contribution in [-0.4, -0.2) is 22.1 Å². The molecule has 21 heavy (non-hydrogen) atoms. The van der Waals surface area contributed by atoms with E-state index >= 15 is 0 Å². The topological polar surface area (TPSA) is 92.4 Å². The first-order valence-corrected chi connectivity index (χ1v) is 6.16. The van der Waals surface area contributed by atoms with Gasteiger partial charge in [-0.2, -0.15) is 0 Å². The van der Waals surface area contributed by atoms with Gasteiger partial charge in [-0.05, 0) is 31.2 Å². The van der Waals surface area contributed by atoms with Crippen LogP contribution in [0.25, 0.3) is 11.3 Å². The van der Waals surface area contributed by atoms with E-state index < -0.39 is 17.8 Å². The predicted octanol–water partition coefficient (Wildman–Crippen LogP) is 2.38. The second kappa shape index (κ2) is 5.74. The van der Waals surface area contributed by atoms with Crippen molar-refractivity contribution in [3.63, 3.8) is 0 Å². The average Bonchev–Trinajstić information content (AvgIpc) is 2.83. The van der Waals surface area contributed by atoms with Gasteiger partial charge >= 0.3 is 5.97 Å². The monoisotopic (exact) mass is 292 g/mol. The fourth-order valence-electron chi connectivity index (χ4n) is 1.98. The summed E-state index contributed by atoms with van der Waals surface area (Å²) in [6, 6.07) is 4.58. The standard InChI is InChI=1S/C14H13FN2O4/c1-7(16-8(2)18)13-11(14(19)20)12(17-21-13)9-3-5-10(15)6-4-9/h3-7H,1-2H3,(H,16,18)(H,19,20)/t7-/m1/s1. The molecule has 0 aliphatic heterocycles. The molecular formula is C14H13FN2O4. The van der Waals surface area contributed by atoms with Crippen molar-refractivity contribution in [2.75, 3.05) is 0 Å². The fourth-order valence-corrected chi connectivity index (χ4v) is 1.98. The zero-order chi connectivity index (χ0) is 15.6. The second-order valence-corrected chi connectivity index (χ2v) is 4.50. The van der Waals surface area contributed by atoms with E-state index in [1.165, 1.54) is 31.2 Å². The first kappa shape index (κ1) is 14.7. The van der Waals surface area contributed by atoms with Crippen molar-refractivity contribution in [2.45, 2.75) is 19.9 Å². The van der Waals surface area contributed by atoms with Crippen molar-refractivity contribution in [3.05, 3.63) is 41.4 Å². The molecule has 110 valence electrons. The average molecular weight is 292 g/mol. The molecule has 0 aliphatic carbocycles. The molecule has 0 spiro atoms. The number of carbonyl (C=O) groups is 2. The second-order valence-electron chi connectivity index (χ2n) is 4.50. The fraction of sp³-hybridized carbons (Fsp3) is 0.214. The summed E-state index contributed by atoms with van der Waals surface area (Å²) in [5.74, 6) is -1.95. The summed E-state index contributed by atoms with van der Waals surface area (Å²) in [4.78, 5) is 22.5. The van der Waals surface area contributed by atoms with Crippen molar-refractivity contribution >= 4 is 11.9 Å². The van der Waals surface area contributed by atoms with E-state index in [1.807, 2.05) is 0 Å². The first-order valence-electron chi connectivity index (χ1n) is 6.16. The number of nitrogens with zero attached hydrogens (tertiary/aromatic N) is 1. The SMILES string of the molecule is CC(=O)N[C@H](C)c1onc(-c2ccc(F)cc2)c1C(=O)O. The third-order valence-corrected chi connectivity index (χ3v) is 2.86. The highest BCUT2D eigenvalue weighted by Gasteiger charge is 2.27. The van der Waals surface area contributed by atoms with Gasteiger partial charge in [-0.1, -0.05) is 5.16 Å². The van der Waals surface area contributed by atoms with Crippen LogP contribution in [0.1, 0.15) is 36.0 Å². The molecule has 2 aromatic rings. The quantitative estimate of drug-likeness (QED) is 0.902. The van der Waals surface area contributed by atoms with Gasteiger partial charge in [-0.25, -0.2) is 9.18 Å². The van der Waals surface area contributed by atoms with Gasteiger partial charge in [0.15, 0.2) is 5.76 Å². The summed E-state index contributed by atoms with van der Waals surface area (Å²) >= 11 is 0. The normalized spacial score (nSPS) is 12.0. The Morgan fingerprint density at radius 3 is 2.48 bits per heavy atom. The number of nitrogens with one attached hydrogen (secondary N) is 1. The van der Waals surface area contributed by atoms with E-state index in [4.69, 9.17) is 4.52 Å². The summed E-state index contributed by atoms with van der Waals surface area (Å²) in [5.41, 5.74) is 0.358. The van der Waals surface area contributed by atoms with Crippen LogP contribution in [-0.2, 0) is 4.79 Å². The summed E-state index contributed by atoms with van der Waals surface area (Å²) in [5, 5.41) is 15.6. The molecule has 2 N–H and O–H groups in total. The number of aromatic nitrogens is 1. The van der Waals surface area contributed by atoms with E-state index in [0.717, 1.165) is 0 Å². The zero-order valence-corrected chi connectivity index (χ0v) is 11.4. The van der Waals surface area contributed by atoms with Gasteiger partial charge in [0.25, 0.3) is 0 Å². The zero-order valence-electron chi connectivity index (χ0n) is 11.4. The van der Waals surface area contributed by atoms with Gasteiger partial charge in [0, 0.05) is 12.5 Å². The van der Waals surface area contributed by atoms with Crippen LogP contribution in [0.2, 0.25) is 0 Å². The van der Waals surface area contributed by atoms with E-state index in [0.29, 0.717) is 5.56 Å². The number of rotatable bonds is 4. The third-order valence-electron chi connectivity index (χ3n) is 2.86. The van der Waals surface area contributed by atoms with Crippen LogP contribution in [0.5, 0.6) is 0 Å². The Bertz CT molecular complexity index is 679. The molecule has 2 rings (SSSR count).